The van der Waals surface area contributed by atoms with Crippen molar-refractivity contribution in [2.75, 3.05) is 37.8 Å². The number of nitrogens with two attached hydrogens (primary N) is 1. The van der Waals surface area contributed by atoms with E-state index in [1.165, 1.54) is 16.7 Å². The van der Waals surface area contributed by atoms with Crippen molar-refractivity contribution in [1.82, 2.24) is 4.90 Å². The molecule has 0 aromatic heterocycles. The third-order valence-corrected chi connectivity index (χ3v) is 4.10. The van der Waals surface area contributed by atoms with E-state index in [-0.39, 0.29) is 35.3 Å². The Morgan fingerprint density at radius 3 is 2.57 bits per heavy atom. The zero-order valence-corrected chi connectivity index (χ0v) is 13.5. The monoisotopic (exact) mass is 325 g/mol. The normalized spacial score (nSPS) is 18.0. The highest BCUT2D eigenvalue weighted by Crippen LogP contribution is 2.33. The molecule has 1 aliphatic rings. The fourth-order valence-corrected chi connectivity index (χ4v) is 3.02. The maximum absolute atomic E-state index is 14.6. The van der Waals surface area contributed by atoms with Crippen molar-refractivity contribution in [2.24, 2.45) is 5.92 Å². The Morgan fingerprint density at radius 1 is 1.35 bits per heavy atom. The molecule has 2 N–H and O–H groups in total. The maximum Gasteiger partial charge on any atom is 0.226 e. The smallest absolute Gasteiger partial charge is 0.226 e. The summed E-state index contributed by atoms with van der Waals surface area (Å²) < 4.78 is 28.9. The van der Waals surface area contributed by atoms with Gasteiger partial charge >= 0.3 is 0 Å². The fraction of sp³-hybridized carbons (Fsp3) is 0.500. The van der Waals surface area contributed by atoms with Gasteiger partial charge in [-0.25, -0.2) is 8.78 Å². The molecule has 1 aliphatic heterocycles. The van der Waals surface area contributed by atoms with Crippen LogP contribution in [0, 0.1) is 17.6 Å². The molecule has 1 atom stereocenters. The summed E-state index contributed by atoms with van der Waals surface area (Å²) in [6.07, 6.45) is 1.31. The Balaban J connectivity index is 2.40. The minimum absolute atomic E-state index is 0.0715. The lowest BCUT2D eigenvalue weighted by Gasteiger charge is -2.35. The van der Waals surface area contributed by atoms with Gasteiger partial charge in [-0.2, -0.15) is 0 Å². The quantitative estimate of drug-likeness (QED) is 0.682. The van der Waals surface area contributed by atoms with Crippen LogP contribution in [0.3, 0.4) is 0 Å². The van der Waals surface area contributed by atoms with E-state index < -0.39 is 17.4 Å². The molecule has 1 aromatic rings. The molecular formula is C16H21F2N3O2. The lowest BCUT2D eigenvalue weighted by atomic mass is 9.95. The number of rotatable bonds is 3. The summed E-state index contributed by atoms with van der Waals surface area (Å²) in [4.78, 5) is 26.7. The van der Waals surface area contributed by atoms with Gasteiger partial charge in [-0.05, 0) is 25.8 Å². The Morgan fingerprint density at radius 2 is 2.00 bits per heavy atom. The number of ketones is 1. The lowest BCUT2D eigenvalue weighted by molar-refractivity contribution is -0.133. The van der Waals surface area contributed by atoms with Crippen molar-refractivity contribution in [3.63, 3.8) is 0 Å². The zero-order valence-electron chi connectivity index (χ0n) is 13.5. The molecule has 7 heteroatoms. The third-order valence-electron chi connectivity index (χ3n) is 4.10. The number of Topliss-reactive ketones (excluding diaryl/α,β-unsaturated/α-hetero) is 1. The minimum Gasteiger partial charge on any atom is -0.398 e. The summed E-state index contributed by atoms with van der Waals surface area (Å²) in [5.41, 5.74) is 4.76. The van der Waals surface area contributed by atoms with Crippen molar-refractivity contribution in [1.29, 1.82) is 0 Å². The number of carbonyl (C=O) groups excluding carboxylic acids is 2. The molecule has 1 aromatic carbocycles. The van der Waals surface area contributed by atoms with Gasteiger partial charge in [0.15, 0.2) is 17.4 Å². The molecule has 0 aliphatic carbocycles. The average Bonchev–Trinajstić information content (AvgIpc) is 2.45. The summed E-state index contributed by atoms with van der Waals surface area (Å²) in [6.45, 7) is 1.82. The number of nitrogens with zero attached hydrogens (tertiary/aromatic N) is 2. The Kier molecular flexibility index (Phi) is 4.87. The molecule has 1 saturated heterocycles. The molecule has 1 fully saturated rings. The summed E-state index contributed by atoms with van der Waals surface area (Å²) in [7, 11) is 3.30. The topological polar surface area (TPSA) is 66.6 Å². The summed E-state index contributed by atoms with van der Waals surface area (Å²) >= 11 is 0. The third kappa shape index (κ3) is 3.28. The molecule has 1 amide bonds. The molecule has 2 rings (SSSR count). The van der Waals surface area contributed by atoms with E-state index in [2.05, 4.69) is 0 Å². The number of anilines is 2. The van der Waals surface area contributed by atoms with Crippen LogP contribution in [-0.4, -0.2) is 43.8 Å². The van der Waals surface area contributed by atoms with Gasteiger partial charge in [-0.15, -0.1) is 0 Å². The van der Waals surface area contributed by atoms with Gasteiger partial charge in [0.1, 0.15) is 5.69 Å². The van der Waals surface area contributed by atoms with Crippen LogP contribution in [0.2, 0.25) is 0 Å². The summed E-state index contributed by atoms with van der Waals surface area (Å²) in [5.74, 6) is -2.72. The molecule has 1 heterocycles. The second kappa shape index (κ2) is 6.52. The number of halogens is 2. The first-order valence-corrected chi connectivity index (χ1v) is 7.48. The molecule has 5 nitrogen and oxygen atoms in total. The van der Waals surface area contributed by atoms with Gasteiger partial charge in [0.25, 0.3) is 0 Å². The number of hydrogen-bond acceptors (Lipinski definition) is 4. The number of benzene rings is 1. The van der Waals surface area contributed by atoms with Crippen LogP contribution in [0.5, 0.6) is 0 Å². The summed E-state index contributed by atoms with van der Waals surface area (Å²) in [5, 5.41) is 0. The number of piperidine rings is 1. The van der Waals surface area contributed by atoms with E-state index in [1.807, 2.05) is 0 Å². The van der Waals surface area contributed by atoms with E-state index in [0.717, 1.165) is 6.07 Å². The second-order valence-electron chi connectivity index (χ2n) is 6.06. The first-order valence-electron chi connectivity index (χ1n) is 7.48. The van der Waals surface area contributed by atoms with E-state index in [4.69, 9.17) is 5.73 Å². The Hall–Kier alpha value is -2.18. The van der Waals surface area contributed by atoms with Crippen molar-refractivity contribution in [3.05, 3.63) is 23.3 Å². The standard InChI is InChI=1S/C16H21F2N3O2/c1-9(22)13-12(19)7-11(17)15(14(13)18)21-6-4-5-10(8-21)16(23)20(2)3/h7,10H,4-6,8,19H2,1-3H3. The van der Waals surface area contributed by atoms with E-state index in [9.17, 15) is 18.4 Å². The highest BCUT2D eigenvalue weighted by molar-refractivity contribution is 6.00. The van der Waals surface area contributed by atoms with Gasteiger partial charge in [-0.1, -0.05) is 0 Å². The first kappa shape index (κ1) is 17.2. The molecular weight excluding hydrogens is 304 g/mol. The van der Waals surface area contributed by atoms with Crippen LogP contribution in [-0.2, 0) is 4.79 Å². The molecule has 0 radical (unpaired) electrons. The van der Waals surface area contributed by atoms with Crippen LogP contribution in [0.1, 0.15) is 30.1 Å². The van der Waals surface area contributed by atoms with E-state index >= 15 is 0 Å². The van der Waals surface area contributed by atoms with Crippen molar-refractivity contribution in [3.8, 4) is 0 Å². The average molecular weight is 325 g/mol. The predicted molar refractivity (Wildman–Crippen MR) is 84.4 cm³/mol. The van der Waals surface area contributed by atoms with Crippen LogP contribution >= 0.6 is 0 Å². The molecule has 1 unspecified atom stereocenters. The highest BCUT2D eigenvalue weighted by atomic mass is 19.1. The van der Waals surface area contributed by atoms with Gasteiger partial charge in [0.05, 0.1) is 11.5 Å². The molecule has 0 bridgehead atoms. The number of hydrogen-bond donors (Lipinski definition) is 1. The minimum atomic E-state index is -0.951. The largest absolute Gasteiger partial charge is 0.398 e. The van der Waals surface area contributed by atoms with Crippen LogP contribution < -0.4 is 10.6 Å². The van der Waals surface area contributed by atoms with Crippen molar-refractivity contribution < 1.29 is 18.4 Å². The van der Waals surface area contributed by atoms with Crippen LogP contribution in [0.25, 0.3) is 0 Å². The first-order chi connectivity index (χ1) is 10.7. The van der Waals surface area contributed by atoms with Crippen LogP contribution in [0.4, 0.5) is 20.2 Å². The van der Waals surface area contributed by atoms with E-state index in [1.54, 1.807) is 14.1 Å². The van der Waals surface area contributed by atoms with Gasteiger partial charge < -0.3 is 15.5 Å². The zero-order chi connectivity index (χ0) is 17.3. The Bertz CT molecular complexity index is 647. The fourth-order valence-electron chi connectivity index (χ4n) is 3.02. The highest BCUT2D eigenvalue weighted by Gasteiger charge is 2.31. The second-order valence-corrected chi connectivity index (χ2v) is 6.06. The SMILES string of the molecule is CC(=O)c1c(N)cc(F)c(N2CCCC(C(=O)N(C)C)C2)c1F. The van der Waals surface area contributed by atoms with Crippen molar-refractivity contribution in [2.45, 2.75) is 19.8 Å². The lowest BCUT2D eigenvalue weighted by Crippen LogP contribution is -2.43. The van der Waals surface area contributed by atoms with Gasteiger partial charge in [0.2, 0.25) is 5.91 Å². The van der Waals surface area contributed by atoms with Crippen molar-refractivity contribution >= 4 is 23.1 Å². The van der Waals surface area contributed by atoms with Crippen LogP contribution in [0.15, 0.2) is 6.07 Å². The molecule has 0 saturated carbocycles. The number of amides is 1. The predicted octanol–water partition coefficient (Wildman–Crippen LogP) is 2.05. The van der Waals surface area contributed by atoms with Gasteiger partial charge in [-0.3, -0.25) is 9.59 Å². The molecule has 23 heavy (non-hydrogen) atoms. The maximum atomic E-state index is 14.6. The molecule has 0 spiro atoms. The molecule has 126 valence electrons. The number of carbonyl (C=O) groups is 2. The Labute approximate surface area is 134 Å². The number of nitrogen functional groups attached to an aromatic ring is 1. The van der Waals surface area contributed by atoms with Gasteiger partial charge in [0, 0.05) is 32.9 Å². The van der Waals surface area contributed by atoms with E-state index in [0.29, 0.717) is 19.4 Å². The summed E-state index contributed by atoms with van der Waals surface area (Å²) in [6, 6.07) is 0.965.